The molecule has 0 aromatic rings. The molecule has 0 heterocycles. The minimum atomic E-state index is -0.963. The van der Waals surface area contributed by atoms with Crippen molar-refractivity contribution in [3.05, 3.63) is 0 Å². The molecular weight excluding hydrogens is 273 g/mol. The largest absolute Gasteiger partial charge is 1.00 e. The van der Waals surface area contributed by atoms with Crippen LogP contribution in [0.25, 0.3) is 0 Å². The summed E-state index contributed by atoms with van der Waals surface area (Å²) in [6.07, 6.45) is 12.3. The molecule has 0 aliphatic heterocycles. The van der Waals surface area contributed by atoms with Gasteiger partial charge in [-0.25, -0.2) is 0 Å². The number of hydrogen-bond acceptors (Lipinski definition) is 3. The summed E-state index contributed by atoms with van der Waals surface area (Å²) in [5.41, 5.74) is 0. The fourth-order valence-corrected chi connectivity index (χ4v) is 2.45. The number of unbranched alkanes of at least 4 members (excludes halogenated alkanes) is 8. The molecule has 4 heteroatoms. The molecule has 0 fully saturated rings. The fraction of sp³-hybridized carbons (Fsp3) is 0.941. The van der Waals surface area contributed by atoms with Gasteiger partial charge in [0, 0.05) is 6.04 Å². The molecule has 0 spiro atoms. The van der Waals surface area contributed by atoms with Gasteiger partial charge in [-0.1, -0.05) is 72.1 Å². The van der Waals surface area contributed by atoms with Crippen LogP contribution in [0.2, 0.25) is 0 Å². The van der Waals surface area contributed by atoms with E-state index in [0.29, 0.717) is 12.3 Å². The molecule has 0 aromatic carbocycles. The van der Waals surface area contributed by atoms with E-state index in [9.17, 15) is 9.90 Å². The Labute approximate surface area is 153 Å². The molecule has 0 aliphatic carbocycles. The van der Waals surface area contributed by atoms with E-state index < -0.39 is 12.0 Å². The van der Waals surface area contributed by atoms with Crippen LogP contribution >= 0.6 is 0 Å². The summed E-state index contributed by atoms with van der Waals surface area (Å²) in [6, 6.07) is -0.482. The molecule has 120 valence electrons. The first-order chi connectivity index (χ1) is 9.57. The molecule has 0 bridgehead atoms. The Morgan fingerprint density at radius 1 is 0.952 bits per heavy atom. The molecule has 0 rings (SSSR count). The summed E-state index contributed by atoms with van der Waals surface area (Å²) >= 11 is 0. The zero-order valence-corrected chi connectivity index (χ0v) is 16.7. The van der Waals surface area contributed by atoms with Gasteiger partial charge in [0.15, 0.2) is 0 Å². The number of carbonyl (C=O) groups excluding carboxylic acids is 1. The van der Waals surface area contributed by atoms with Crippen molar-refractivity contribution >= 4 is 5.97 Å². The van der Waals surface area contributed by atoms with E-state index in [2.05, 4.69) is 12.2 Å². The summed E-state index contributed by atoms with van der Waals surface area (Å²) in [4.78, 5) is 11.0. The van der Waals surface area contributed by atoms with Crippen LogP contribution in [-0.2, 0) is 4.79 Å². The van der Waals surface area contributed by atoms with Gasteiger partial charge in [-0.05, 0) is 25.3 Å². The van der Waals surface area contributed by atoms with Crippen molar-refractivity contribution < 1.29 is 39.5 Å². The Morgan fingerprint density at radius 3 is 1.86 bits per heavy atom. The van der Waals surface area contributed by atoms with E-state index in [1.807, 2.05) is 13.8 Å². The van der Waals surface area contributed by atoms with Gasteiger partial charge >= 0.3 is 29.6 Å². The summed E-state index contributed by atoms with van der Waals surface area (Å²) < 4.78 is 0. The van der Waals surface area contributed by atoms with Crippen molar-refractivity contribution in [2.75, 3.05) is 6.54 Å². The molecule has 1 atom stereocenters. The van der Waals surface area contributed by atoms with Gasteiger partial charge in [0.05, 0.1) is 5.97 Å². The van der Waals surface area contributed by atoms with E-state index >= 15 is 0 Å². The number of carboxylic acids is 1. The van der Waals surface area contributed by atoms with Crippen LogP contribution in [0.3, 0.4) is 0 Å². The van der Waals surface area contributed by atoms with Crippen molar-refractivity contribution in [3.8, 4) is 0 Å². The van der Waals surface area contributed by atoms with Crippen LogP contribution < -0.4 is 40.0 Å². The Morgan fingerprint density at radius 2 is 1.43 bits per heavy atom. The summed E-state index contributed by atoms with van der Waals surface area (Å²) in [5.74, 6) is -0.580. The number of carboxylic acid groups (broad SMARTS) is 1. The molecule has 0 unspecified atom stereocenters. The third-order valence-electron chi connectivity index (χ3n) is 3.66. The average molecular weight is 307 g/mol. The van der Waals surface area contributed by atoms with Crippen LogP contribution in [-0.4, -0.2) is 18.6 Å². The van der Waals surface area contributed by atoms with E-state index in [-0.39, 0.29) is 29.6 Å². The Balaban J connectivity index is 0. The number of nitrogens with one attached hydrogen (secondary N) is 1. The number of carbonyl (C=O) groups is 1. The van der Waals surface area contributed by atoms with E-state index in [1.54, 1.807) is 0 Å². The minimum Gasteiger partial charge on any atom is -0.548 e. The number of hydrogen-bond donors (Lipinski definition) is 1. The second kappa shape index (κ2) is 16.8. The second-order valence-corrected chi connectivity index (χ2v) is 6.28. The monoisotopic (exact) mass is 307 g/mol. The Kier molecular flexibility index (Phi) is 18.9. The van der Waals surface area contributed by atoms with Crippen LogP contribution in [0, 0.1) is 5.92 Å². The quantitative estimate of drug-likeness (QED) is 0.370. The maximum absolute atomic E-state index is 11.0. The molecule has 0 saturated carbocycles. The van der Waals surface area contributed by atoms with Gasteiger partial charge in [0.2, 0.25) is 0 Å². The van der Waals surface area contributed by atoms with E-state index in [1.165, 1.54) is 51.4 Å². The third-order valence-corrected chi connectivity index (χ3v) is 3.66. The van der Waals surface area contributed by atoms with Crippen LogP contribution in [0.1, 0.15) is 85.0 Å². The van der Waals surface area contributed by atoms with E-state index in [4.69, 9.17) is 0 Å². The Hall–Kier alpha value is 0.430. The van der Waals surface area contributed by atoms with Gasteiger partial charge in [-0.15, -0.1) is 0 Å². The van der Waals surface area contributed by atoms with Crippen molar-refractivity contribution in [3.63, 3.8) is 0 Å². The predicted octanol–water partition coefficient (Wildman–Crippen LogP) is 0.275. The Bertz CT molecular complexity index is 235. The second-order valence-electron chi connectivity index (χ2n) is 6.28. The molecule has 0 aromatic heterocycles. The van der Waals surface area contributed by atoms with Gasteiger partial charge in [0.25, 0.3) is 0 Å². The molecule has 0 saturated heterocycles. The average Bonchev–Trinajstić information content (AvgIpc) is 2.39. The zero-order valence-electron chi connectivity index (χ0n) is 14.7. The molecule has 0 amide bonds. The standard InChI is InChI=1S/C17H35NO2.Na/c1-4-5-6-7-8-9-10-11-12-13-18-16(17(19)20)14-15(2)3;/h15-16,18H,4-14H2,1-3H3,(H,19,20);/q;+1/p-1/t16-;/m1./s1. The maximum atomic E-state index is 11.0. The molecule has 21 heavy (non-hydrogen) atoms. The van der Waals surface area contributed by atoms with Crippen molar-refractivity contribution in [2.45, 2.75) is 91.0 Å². The summed E-state index contributed by atoms with van der Waals surface area (Å²) in [7, 11) is 0. The molecule has 0 aliphatic rings. The van der Waals surface area contributed by atoms with Crippen LogP contribution in [0.15, 0.2) is 0 Å². The van der Waals surface area contributed by atoms with Crippen LogP contribution in [0.4, 0.5) is 0 Å². The van der Waals surface area contributed by atoms with Gasteiger partial charge in [0.1, 0.15) is 0 Å². The zero-order chi connectivity index (χ0) is 15.2. The maximum Gasteiger partial charge on any atom is 1.00 e. The smallest absolute Gasteiger partial charge is 0.548 e. The number of rotatable bonds is 14. The first kappa shape index (κ1) is 23.7. The molecule has 3 nitrogen and oxygen atoms in total. The summed E-state index contributed by atoms with van der Waals surface area (Å²) in [5, 5.41) is 14.1. The van der Waals surface area contributed by atoms with Crippen LogP contribution in [0.5, 0.6) is 0 Å². The SMILES string of the molecule is CCCCCCCCCCCN[C@H](CC(C)C)C(=O)[O-].[Na+]. The van der Waals surface area contributed by atoms with E-state index in [0.717, 1.165) is 13.0 Å². The molecule has 1 N–H and O–H groups in total. The van der Waals surface area contributed by atoms with Gasteiger partial charge in [-0.3, -0.25) is 0 Å². The normalized spacial score (nSPS) is 12.2. The van der Waals surface area contributed by atoms with Gasteiger partial charge in [-0.2, -0.15) is 0 Å². The van der Waals surface area contributed by atoms with Gasteiger partial charge < -0.3 is 15.2 Å². The van der Waals surface area contributed by atoms with Crippen molar-refractivity contribution in [2.24, 2.45) is 5.92 Å². The number of aliphatic carboxylic acids is 1. The third kappa shape index (κ3) is 16.6. The summed E-state index contributed by atoms with van der Waals surface area (Å²) in [6.45, 7) is 7.11. The predicted molar refractivity (Wildman–Crippen MR) is 83.5 cm³/mol. The fourth-order valence-electron chi connectivity index (χ4n) is 2.45. The minimum absolute atomic E-state index is 0. The molecular formula is C17H34NNaO2. The first-order valence-electron chi connectivity index (χ1n) is 8.52. The topological polar surface area (TPSA) is 52.2 Å². The molecule has 0 radical (unpaired) electrons. The first-order valence-corrected chi connectivity index (χ1v) is 8.52. The van der Waals surface area contributed by atoms with Crippen molar-refractivity contribution in [1.82, 2.24) is 5.32 Å². The van der Waals surface area contributed by atoms with Crippen molar-refractivity contribution in [1.29, 1.82) is 0 Å².